The molecule has 0 unspecified atom stereocenters. The van der Waals surface area contributed by atoms with Gasteiger partial charge >= 0.3 is 0 Å². The van der Waals surface area contributed by atoms with E-state index in [1.807, 2.05) is 6.07 Å². The summed E-state index contributed by atoms with van der Waals surface area (Å²) >= 11 is 0. The molecule has 1 aromatic rings. The van der Waals surface area contributed by atoms with E-state index in [9.17, 15) is 0 Å². The summed E-state index contributed by atoms with van der Waals surface area (Å²) < 4.78 is 0. The molecule has 0 amide bonds. The lowest BCUT2D eigenvalue weighted by atomic mass is 9.94. The van der Waals surface area contributed by atoms with Gasteiger partial charge in [-0.25, -0.2) is 0 Å². The lowest BCUT2D eigenvalue weighted by Crippen LogP contribution is -2.29. The standard InChI is InChI=1S/C10H15N3/c1-13-7-4-9(5-8-13)10-3-2-6-11-12-10/h2-3,6,9H,4-5,7-8H2,1H3. The molecule has 0 spiro atoms. The van der Waals surface area contributed by atoms with Crippen molar-refractivity contribution in [2.45, 2.75) is 18.8 Å². The molecule has 70 valence electrons. The van der Waals surface area contributed by atoms with E-state index in [0.717, 1.165) is 5.69 Å². The molecule has 3 heteroatoms. The third kappa shape index (κ3) is 2.04. The van der Waals surface area contributed by atoms with Crippen LogP contribution in [0.25, 0.3) is 0 Å². The highest BCUT2D eigenvalue weighted by molar-refractivity contribution is 5.07. The van der Waals surface area contributed by atoms with Gasteiger partial charge in [0.2, 0.25) is 0 Å². The van der Waals surface area contributed by atoms with Crippen LogP contribution in [-0.2, 0) is 0 Å². The zero-order chi connectivity index (χ0) is 9.10. The molecule has 3 nitrogen and oxygen atoms in total. The average molecular weight is 177 g/mol. The molecule has 0 radical (unpaired) electrons. The van der Waals surface area contributed by atoms with Gasteiger partial charge < -0.3 is 4.90 Å². The maximum absolute atomic E-state index is 4.16. The third-order valence-electron chi connectivity index (χ3n) is 2.73. The van der Waals surface area contributed by atoms with Crippen LogP contribution in [0.1, 0.15) is 24.5 Å². The van der Waals surface area contributed by atoms with Gasteiger partial charge in [0.15, 0.2) is 0 Å². The second kappa shape index (κ2) is 3.83. The van der Waals surface area contributed by atoms with Crippen molar-refractivity contribution in [2.24, 2.45) is 0 Å². The maximum Gasteiger partial charge on any atom is 0.0662 e. The molecule has 1 aromatic heterocycles. The quantitative estimate of drug-likeness (QED) is 0.647. The van der Waals surface area contributed by atoms with Crippen LogP contribution < -0.4 is 0 Å². The van der Waals surface area contributed by atoms with Gasteiger partial charge in [-0.3, -0.25) is 0 Å². The van der Waals surface area contributed by atoms with Crippen molar-refractivity contribution in [3.8, 4) is 0 Å². The molecule has 2 rings (SSSR count). The normalized spacial score (nSPS) is 20.4. The zero-order valence-electron chi connectivity index (χ0n) is 7.98. The summed E-state index contributed by atoms with van der Waals surface area (Å²) in [4.78, 5) is 2.37. The molecule has 13 heavy (non-hydrogen) atoms. The van der Waals surface area contributed by atoms with Gasteiger partial charge in [0.05, 0.1) is 5.69 Å². The molecule has 0 aromatic carbocycles. The van der Waals surface area contributed by atoms with Crippen LogP contribution in [0.15, 0.2) is 18.3 Å². The molecule has 1 aliphatic heterocycles. The SMILES string of the molecule is CN1CCC(c2cccnn2)CC1. The lowest BCUT2D eigenvalue weighted by molar-refractivity contribution is 0.253. The molecule has 0 bridgehead atoms. The number of nitrogens with zero attached hydrogens (tertiary/aromatic N) is 3. The Hall–Kier alpha value is -0.960. The Kier molecular flexibility index (Phi) is 2.54. The Labute approximate surface area is 78.8 Å². The minimum Gasteiger partial charge on any atom is -0.306 e. The average Bonchev–Trinajstić information content (AvgIpc) is 2.20. The minimum atomic E-state index is 0.630. The predicted octanol–water partition coefficient (Wildman–Crippen LogP) is 1.29. The minimum absolute atomic E-state index is 0.630. The molecule has 1 saturated heterocycles. The molecular formula is C10H15N3. The van der Waals surface area contributed by atoms with Gasteiger partial charge in [-0.05, 0) is 45.1 Å². The number of aromatic nitrogens is 2. The molecule has 0 aliphatic carbocycles. The zero-order valence-corrected chi connectivity index (χ0v) is 7.98. The Morgan fingerprint density at radius 1 is 1.38 bits per heavy atom. The van der Waals surface area contributed by atoms with E-state index in [1.54, 1.807) is 6.20 Å². The second-order valence-corrected chi connectivity index (χ2v) is 3.73. The molecule has 1 fully saturated rings. The van der Waals surface area contributed by atoms with E-state index < -0.39 is 0 Å². The summed E-state index contributed by atoms with van der Waals surface area (Å²) in [5.74, 6) is 0.630. The first-order chi connectivity index (χ1) is 6.36. The van der Waals surface area contributed by atoms with Gasteiger partial charge in [0.25, 0.3) is 0 Å². The van der Waals surface area contributed by atoms with Crippen molar-refractivity contribution in [3.63, 3.8) is 0 Å². The summed E-state index contributed by atoms with van der Waals surface area (Å²) in [6.07, 6.45) is 4.17. The van der Waals surface area contributed by atoms with Gasteiger partial charge in [-0.2, -0.15) is 10.2 Å². The summed E-state index contributed by atoms with van der Waals surface area (Å²) in [7, 11) is 2.17. The van der Waals surface area contributed by atoms with Crippen molar-refractivity contribution < 1.29 is 0 Å². The fraction of sp³-hybridized carbons (Fsp3) is 0.600. The summed E-state index contributed by atoms with van der Waals surface area (Å²) in [6, 6.07) is 4.06. The van der Waals surface area contributed by atoms with Crippen LogP contribution >= 0.6 is 0 Å². The highest BCUT2D eigenvalue weighted by atomic mass is 15.1. The van der Waals surface area contributed by atoms with Gasteiger partial charge in [0.1, 0.15) is 0 Å². The van der Waals surface area contributed by atoms with Crippen LogP contribution in [0, 0.1) is 0 Å². The van der Waals surface area contributed by atoms with E-state index in [-0.39, 0.29) is 0 Å². The van der Waals surface area contributed by atoms with Crippen molar-refractivity contribution in [3.05, 3.63) is 24.0 Å². The third-order valence-corrected chi connectivity index (χ3v) is 2.73. The molecular weight excluding hydrogens is 162 g/mol. The second-order valence-electron chi connectivity index (χ2n) is 3.73. The van der Waals surface area contributed by atoms with Crippen molar-refractivity contribution in [1.29, 1.82) is 0 Å². The van der Waals surface area contributed by atoms with Crippen LogP contribution in [0.4, 0.5) is 0 Å². The van der Waals surface area contributed by atoms with Gasteiger partial charge in [-0.1, -0.05) is 0 Å². The summed E-state index contributed by atoms with van der Waals surface area (Å²) in [5.41, 5.74) is 1.16. The number of hydrogen-bond acceptors (Lipinski definition) is 3. The predicted molar refractivity (Wildman–Crippen MR) is 51.5 cm³/mol. The fourth-order valence-corrected chi connectivity index (χ4v) is 1.84. The van der Waals surface area contributed by atoms with Crippen LogP contribution in [0.5, 0.6) is 0 Å². The number of rotatable bonds is 1. The van der Waals surface area contributed by atoms with E-state index in [1.165, 1.54) is 25.9 Å². The summed E-state index contributed by atoms with van der Waals surface area (Å²) in [6.45, 7) is 2.36. The van der Waals surface area contributed by atoms with Crippen molar-refractivity contribution >= 4 is 0 Å². The van der Waals surface area contributed by atoms with Gasteiger partial charge in [0, 0.05) is 12.1 Å². The highest BCUT2D eigenvalue weighted by Crippen LogP contribution is 2.24. The lowest BCUT2D eigenvalue weighted by Gasteiger charge is -2.28. The molecule has 2 heterocycles. The molecule has 0 saturated carbocycles. The van der Waals surface area contributed by atoms with E-state index in [4.69, 9.17) is 0 Å². The Morgan fingerprint density at radius 3 is 2.77 bits per heavy atom. The Morgan fingerprint density at radius 2 is 2.15 bits per heavy atom. The number of hydrogen-bond donors (Lipinski definition) is 0. The van der Waals surface area contributed by atoms with Crippen LogP contribution in [0.2, 0.25) is 0 Å². The van der Waals surface area contributed by atoms with E-state index in [2.05, 4.69) is 28.2 Å². The van der Waals surface area contributed by atoms with Crippen LogP contribution in [-0.4, -0.2) is 35.2 Å². The topological polar surface area (TPSA) is 29.0 Å². The number of likely N-dealkylation sites (tertiary alicyclic amines) is 1. The monoisotopic (exact) mass is 177 g/mol. The first-order valence-electron chi connectivity index (χ1n) is 4.82. The van der Waals surface area contributed by atoms with Crippen molar-refractivity contribution in [2.75, 3.05) is 20.1 Å². The first kappa shape index (κ1) is 8.63. The van der Waals surface area contributed by atoms with Crippen LogP contribution in [0.3, 0.4) is 0 Å². The Balaban J connectivity index is 2.03. The fourth-order valence-electron chi connectivity index (χ4n) is 1.84. The Bertz CT molecular complexity index is 252. The largest absolute Gasteiger partial charge is 0.306 e. The molecule has 0 atom stereocenters. The van der Waals surface area contributed by atoms with Crippen molar-refractivity contribution in [1.82, 2.24) is 15.1 Å². The maximum atomic E-state index is 4.16. The summed E-state index contributed by atoms with van der Waals surface area (Å²) in [5, 5.41) is 8.07. The van der Waals surface area contributed by atoms with E-state index >= 15 is 0 Å². The smallest absolute Gasteiger partial charge is 0.0662 e. The van der Waals surface area contributed by atoms with Gasteiger partial charge in [-0.15, -0.1) is 0 Å². The number of piperidine rings is 1. The van der Waals surface area contributed by atoms with E-state index in [0.29, 0.717) is 5.92 Å². The highest BCUT2D eigenvalue weighted by Gasteiger charge is 2.18. The molecule has 1 aliphatic rings. The first-order valence-corrected chi connectivity index (χ1v) is 4.82. The molecule has 0 N–H and O–H groups in total.